The van der Waals surface area contributed by atoms with Crippen molar-refractivity contribution in [3.05, 3.63) is 0 Å². The number of Topliss-reactive ketones (excluding diaryl/α,β-unsaturated/α-hetero) is 2. The number of esters is 1. The van der Waals surface area contributed by atoms with Gasteiger partial charge in [-0.15, -0.1) is 0 Å². The Labute approximate surface area is 334 Å². The number of carbonyl (C=O) groups is 8. The SMILES string of the molecule is COC(=O)[C@@H]1C[C@H](CC(=O)C2CCC(C(=O)N[C@H]3C[C@@H](C(C)=O)N(C(=O)OC(C)(C)C)C3)CC2)CN1C(=O)OC(C)(C)C.O=C(Cl)C1CCC(C(=O)Cl)CC1. The number of methoxy groups -OCH3 is 1. The first-order valence-electron chi connectivity index (χ1n) is 19.3. The highest BCUT2D eigenvalue weighted by Crippen LogP contribution is 2.35. The van der Waals surface area contributed by atoms with E-state index in [9.17, 15) is 38.4 Å². The van der Waals surface area contributed by atoms with Crippen LogP contribution in [0, 0.1) is 29.6 Å². The lowest BCUT2D eigenvalue weighted by atomic mass is 9.77. The number of carbonyl (C=O) groups excluding carboxylic acids is 8. The maximum Gasteiger partial charge on any atom is 0.411 e. The predicted molar refractivity (Wildman–Crippen MR) is 203 cm³/mol. The lowest BCUT2D eigenvalue weighted by Gasteiger charge is -2.29. The Kier molecular flexibility index (Phi) is 16.6. The Morgan fingerprint density at radius 1 is 0.636 bits per heavy atom. The van der Waals surface area contributed by atoms with E-state index in [1.54, 1.807) is 41.5 Å². The normalized spacial score (nSPS) is 28.3. The molecular weight excluding hydrogens is 757 g/mol. The Balaban J connectivity index is 0.000000574. The molecule has 0 aromatic carbocycles. The average Bonchev–Trinajstić information content (AvgIpc) is 3.72. The summed E-state index contributed by atoms with van der Waals surface area (Å²) in [7, 11) is 1.27. The van der Waals surface area contributed by atoms with E-state index in [-0.39, 0.29) is 83.1 Å². The van der Waals surface area contributed by atoms with E-state index in [0.717, 1.165) is 0 Å². The second-order valence-electron chi connectivity index (χ2n) is 17.3. The average molecular weight is 817 g/mol. The minimum absolute atomic E-state index is 0.0565. The van der Waals surface area contributed by atoms with Crippen LogP contribution in [0.1, 0.15) is 119 Å². The van der Waals surface area contributed by atoms with Crippen molar-refractivity contribution in [3.8, 4) is 0 Å². The highest BCUT2D eigenvalue weighted by molar-refractivity contribution is 6.64. The highest BCUT2D eigenvalue weighted by Gasteiger charge is 2.44. The number of amides is 3. The number of likely N-dealkylation sites (tertiary alicyclic amines) is 2. The lowest BCUT2D eigenvalue weighted by molar-refractivity contribution is -0.145. The van der Waals surface area contributed by atoms with Crippen molar-refractivity contribution in [1.29, 1.82) is 0 Å². The molecule has 4 atom stereocenters. The van der Waals surface area contributed by atoms with Crippen LogP contribution in [-0.2, 0) is 43.0 Å². The number of nitrogens with one attached hydrogen (secondary N) is 1. The minimum Gasteiger partial charge on any atom is -0.467 e. The molecular formula is C39H59Cl2N3O11. The van der Waals surface area contributed by atoms with E-state index in [2.05, 4.69) is 5.32 Å². The second kappa shape index (κ2) is 19.7. The molecule has 2 aliphatic heterocycles. The van der Waals surface area contributed by atoms with E-state index in [0.29, 0.717) is 64.2 Å². The van der Waals surface area contributed by atoms with Gasteiger partial charge in [0.15, 0.2) is 5.78 Å². The van der Waals surface area contributed by atoms with Crippen LogP contribution >= 0.6 is 23.2 Å². The zero-order valence-corrected chi connectivity index (χ0v) is 35.0. The third-order valence-corrected chi connectivity index (χ3v) is 11.3. The second-order valence-corrected chi connectivity index (χ2v) is 18.1. The van der Waals surface area contributed by atoms with Gasteiger partial charge in [0, 0.05) is 49.2 Å². The molecule has 310 valence electrons. The van der Waals surface area contributed by atoms with Crippen LogP contribution in [0.3, 0.4) is 0 Å². The van der Waals surface area contributed by atoms with Crippen molar-refractivity contribution in [3.63, 3.8) is 0 Å². The van der Waals surface area contributed by atoms with Gasteiger partial charge in [-0.25, -0.2) is 14.4 Å². The zero-order chi connectivity index (χ0) is 41.4. The molecule has 2 saturated heterocycles. The first kappa shape index (κ1) is 46.1. The maximum atomic E-state index is 13.2. The molecule has 4 rings (SSSR count). The van der Waals surface area contributed by atoms with Crippen molar-refractivity contribution in [2.45, 2.75) is 148 Å². The summed E-state index contributed by atoms with van der Waals surface area (Å²) in [6, 6.07) is -1.79. The molecule has 0 unspecified atom stereocenters. The molecule has 55 heavy (non-hydrogen) atoms. The van der Waals surface area contributed by atoms with Crippen molar-refractivity contribution in [2.24, 2.45) is 29.6 Å². The fourth-order valence-corrected chi connectivity index (χ4v) is 8.23. The fourth-order valence-electron chi connectivity index (χ4n) is 7.80. The maximum absolute atomic E-state index is 13.2. The van der Waals surface area contributed by atoms with Gasteiger partial charge in [-0.1, -0.05) is 0 Å². The Morgan fingerprint density at radius 3 is 1.49 bits per heavy atom. The molecule has 4 aliphatic rings. The van der Waals surface area contributed by atoms with Crippen molar-refractivity contribution in [2.75, 3.05) is 20.2 Å². The smallest absolute Gasteiger partial charge is 0.411 e. The zero-order valence-electron chi connectivity index (χ0n) is 33.5. The van der Waals surface area contributed by atoms with E-state index in [1.165, 1.54) is 23.8 Å². The summed E-state index contributed by atoms with van der Waals surface area (Å²) in [5.41, 5.74) is -1.42. The number of ketones is 2. The molecule has 0 aromatic rings. The Morgan fingerprint density at radius 2 is 1.07 bits per heavy atom. The quantitative estimate of drug-likeness (QED) is 0.165. The highest BCUT2D eigenvalue weighted by atomic mass is 35.5. The summed E-state index contributed by atoms with van der Waals surface area (Å²) in [6.07, 6.45) is 4.79. The van der Waals surface area contributed by atoms with E-state index < -0.39 is 41.4 Å². The number of hydrogen-bond acceptors (Lipinski definition) is 11. The van der Waals surface area contributed by atoms with Crippen LogP contribution in [0.15, 0.2) is 0 Å². The number of rotatable bonds is 9. The molecule has 0 spiro atoms. The minimum atomic E-state index is -0.790. The van der Waals surface area contributed by atoms with E-state index in [4.69, 9.17) is 37.4 Å². The standard InChI is InChI=1S/C31H49N3O9.C8H10Cl2O2/c1-18(35)23-15-22(17-34(23)29(40)43-31(5,6)7)32-26(37)21-11-9-20(10-12-21)25(36)14-19-13-24(27(38)41-8)33(16-19)28(39)42-30(2,3)4;9-7(11)5-1-2-6(4-3-5)8(10)12/h19-24H,9-17H2,1-8H3,(H,32,37);5-6H,1-4H2/t19-,20?,21?,22+,23+,24+;/m1./s1. The Hall–Kier alpha value is -3.26. The van der Waals surface area contributed by atoms with Crippen molar-refractivity contribution in [1.82, 2.24) is 15.1 Å². The van der Waals surface area contributed by atoms with Gasteiger partial charge in [0.25, 0.3) is 0 Å². The topological polar surface area (TPSA) is 183 Å². The summed E-state index contributed by atoms with van der Waals surface area (Å²) in [5, 5.41) is 2.45. The number of hydrogen-bond donors (Lipinski definition) is 1. The largest absolute Gasteiger partial charge is 0.467 e. The van der Waals surface area contributed by atoms with Gasteiger partial charge in [0.1, 0.15) is 23.0 Å². The lowest BCUT2D eigenvalue weighted by Crippen LogP contribution is -2.44. The third-order valence-electron chi connectivity index (χ3n) is 10.6. The van der Waals surface area contributed by atoms with Gasteiger partial charge in [-0.05, 0) is 142 Å². The van der Waals surface area contributed by atoms with Crippen LogP contribution in [-0.4, -0.2) is 105 Å². The molecule has 2 heterocycles. The molecule has 0 radical (unpaired) electrons. The molecule has 2 aliphatic carbocycles. The monoisotopic (exact) mass is 815 g/mol. The molecule has 0 bridgehead atoms. The fraction of sp³-hybridized carbons (Fsp3) is 0.795. The van der Waals surface area contributed by atoms with Gasteiger partial charge in [0.2, 0.25) is 16.4 Å². The Bertz CT molecular complexity index is 1420. The first-order valence-corrected chi connectivity index (χ1v) is 20.0. The third kappa shape index (κ3) is 14.0. The van der Waals surface area contributed by atoms with Crippen molar-refractivity contribution >= 4 is 69.3 Å². The molecule has 1 N–H and O–H groups in total. The summed E-state index contributed by atoms with van der Waals surface area (Å²) >= 11 is 10.7. The van der Waals surface area contributed by atoms with Crippen LogP contribution in [0.4, 0.5) is 9.59 Å². The molecule has 3 amide bonds. The van der Waals surface area contributed by atoms with Crippen LogP contribution in [0.5, 0.6) is 0 Å². The number of nitrogens with zero attached hydrogens (tertiary/aromatic N) is 2. The summed E-state index contributed by atoms with van der Waals surface area (Å²) in [4.78, 5) is 101. The number of ether oxygens (including phenoxy) is 3. The number of halogens is 2. The summed E-state index contributed by atoms with van der Waals surface area (Å²) in [6.45, 7) is 12.4. The molecule has 14 nitrogen and oxygen atoms in total. The van der Waals surface area contributed by atoms with Crippen LogP contribution in [0.2, 0.25) is 0 Å². The van der Waals surface area contributed by atoms with E-state index >= 15 is 0 Å². The van der Waals surface area contributed by atoms with Crippen LogP contribution in [0.25, 0.3) is 0 Å². The van der Waals surface area contributed by atoms with Crippen molar-refractivity contribution < 1.29 is 52.6 Å². The molecule has 0 aromatic heterocycles. The summed E-state index contributed by atoms with van der Waals surface area (Å²) < 4.78 is 15.8. The van der Waals surface area contributed by atoms with Gasteiger partial charge < -0.3 is 19.5 Å². The first-order chi connectivity index (χ1) is 25.5. The van der Waals surface area contributed by atoms with E-state index in [1.807, 2.05) is 0 Å². The molecule has 2 saturated carbocycles. The van der Waals surface area contributed by atoms with Gasteiger partial charge in [-0.2, -0.15) is 0 Å². The van der Waals surface area contributed by atoms with Gasteiger partial charge in [0.05, 0.1) is 13.2 Å². The summed E-state index contributed by atoms with van der Waals surface area (Å²) in [5.74, 6) is -1.48. The van der Waals surface area contributed by atoms with Gasteiger partial charge >= 0.3 is 18.2 Å². The predicted octanol–water partition coefficient (Wildman–Crippen LogP) is 5.96. The molecule has 4 fully saturated rings. The molecule has 16 heteroatoms. The van der Waals surface area contributed by atoms with Gasteiger partial charge in [-0.3, -0.25) is 33.8 Å². The van der Waals surface area contributed by atoms with Crippen LogP contribution < -0.4 is 5.32 Å².